The molecule has 0 saturated carbocycles. The van der Waals surface area contributed by atoms with Crippen molar-refractivity contribution in [1.29, 1.82) is 0 Å². The Balaban J connectivity index is 1.72. The topological polar surface area (TPSA) is 92.7 Å². The van der Waals surface area contributed by atoms with Gasteiger partial charge >= 0.3 is 0 Å². The van der Waals surface area contributed by atoms with Crippen molar-refractivity contribution in [2.75, 3.05) is 17.3 Å². The van der Waals surface area contributed by atoms with Crippen molar-refractivity contribution in [2.45, 2.75) is 6.92 Å². The molecule has 3 heterocycles. The van der Waals surface area contributed by atoms with E-state index in [2.05, 4.69) is 15.5 Å². The summed E-state index contributed by atoms with van der Waals surface area (Å²) < 4.78 is 6.54. The van der Waals surface area contributed by atoms with Crippen molar-refractivity contribution in [2.24, 2.45) is 0 Å². The molecule has 0 spiro atoms. The lowest BCUT2D eigenvalue weighted by molar-refractivity contribution is 0.0990. The lowest BCUT2D eigenvalue weighted by atomic mass is 10.2. The number of fused-ring (bicyclic) bond motifs is 1. The maximum Gasteiger partial charge on any atom is 0.293 e. The van der Waals surface area contributed by atoms with Gasteiger partial charge in [-0.2, -0.15) is 0 Å². The van der Waals surface area contributed by atoms with E-state index in [1.807, 2.05) is 30.3 Å². The Kier molecular flexibility index (Phi) is 4.36. The van der Waals surface area contributed by atoms with Crippen LogP contribution in [0.3, 0.4) is 0 Å². The van der Waals surface area contributed by atoms with Crippen LogP contribution in [0.25, 0.3) is 5.52 Å². The minimum absolute atomic E-state index is 0.0843. The number of hydrogen-bond acceptors (Lipinski definition) is 5. The Morgan fingerprint density at radius 2 is 1.86 bits per heavy atom. The van der Waals surface area contributed by atoms with Crippen LogP contribution in [0.5, 0.6) is 0 Å². The molecule has 3 aromatic heterocycles. The molecule has 140 valence electrons. The third kappa shape index (κ3) is 3.11. The molecule has 28 heavy (non-hydrogen) atoms. The van der Waals surface area contributed by atoms with Gasteiger partial charge in [-0.1, -0.05) is 29.4 Å². The summed E-state index contributed by atoms with van der Waals surface area (Å²) in [6.45, 7) is 1.73. The zero-order chi connectivity index (χ0) is 19.7. The molecule has 1 aromatic carbocycles. The van der Waals surface area contributed by atoms with Crippen molar-refractivity contribution in [1.82, 2.24) is 14.5 Å². The van der Waals surface area contributed by atoms with Gasteiger partial charge in [0, 0.05) is 25.0 Å². The molecular formula is C20H17N5O3. The number of nitrogens with one attached hydrogen (secondary N) is 1. The molecule has 8 nitrogen and oxygen atoms in total. The van der Waals surface area contributed by atoms with Crippen LogP contribution in [0.15, 0.2) is 65.3 Å². The lowest BCUT2D eigenvalue weighted by Crippen LogP contribution is -2.26. The number of carbonyl (C=O) groups excluding carboxylic acids is 2. The Morgan fingerprint density at radius 1 is 1.11 bits per heavy atom. The average molecular weight is 375 g/mol. The van der Waals surface area contributed by atoms with Crippen molar-refractivity contribution in [3.63, 3.8) is 0 Å². The van der Waals surface area contributed by atoms with Gasteiger partial charge in [0.25, 0.3) is 11.8 Å². The summed E-state index contributed by atoms with van der Waals surface area (Å²) in [5.74, 6) is 0.135. The number of amides is 2. The third-order valence-electron chi connectivity index (χ3n) is 4.27. The quantitative estimate of drug-likeness (QED) is 0.591. The molecule has 0 radical (unpaired) electrons. The second-order valence-electron chi connectivity index (χ2n) is 6.22. The summed E-state index contributed by atoms with van der Waals surface area (Å²) in [6.07, 6.45) is 1.69. The van der Waals surface area contributed by atoms with Crippen LogP contribution in [0.2, 0.25) is 0 Å². The summed E-state index contributed by atoms with van der Waals surface area (Å²) in [4.78, 5) is 31.6. The van der Waals surface area contributed by atoms with E-state index in [1.54, 1.807) is 48.8 Å². The maximum absolute atomic E-state index is 13.0. The van der Waals surface area contributed by atoms with E-state index in [0.717, 1.165) is 5.69 Å². The fourth-order valence-corrected chi connectivity index (χ4v) is 2.88. The van der Waals surface area contributed by atoms with Gasteiger partial charge in [0.2, 0.25) is 5.82 Å². The summed E-state index contributed by atoms with van der Waals surface area (Å²) in [7, 11) is 1.67. The fourth-order valence-electron chi connectivity index (χ4n) is 2.88. The first-order valence-electron chi connectivity index (χ1n) is 8.59. The highest BCUT2D eigenvalue weighted by Crippen LogP contribution is 2.20. The minimum Gasteiger partial charge on any atom is -0.360 e. The van der Waals surface area contributed by atoms with Crippen LogP contribution in [-0.2, 0) is 0 Å². The summed E-state index contributed by atoms with van der Waals surface area (Å²) >= 11 is 0. The van der Waals surface area contributed by atoms with Gasteiger partial charge in [-0.05, 0) is 31.2 Å². The highest BCUT2D eigenvalue weighted by Gasteiger charge is 2.24. The van der Waals surface area contributed by atoms with Crippen LogP contribution in [-0.4, -0.2) is 33.4 Å². The molecule has 2 amide bonds. The van der Waals surface area contributed by atoms with E-state index in [4.69, 9.17) is 4.52 Å². The number of benzene rings is 1. The predicted octanol–water partition coefficient (Wildman–Crippen LogP) is 3.16. The number of pyridine rings is 1. The van der Waals surface area contributed by atoms with Gasteiger partial charge in [0.05, 0.1) is 5.52 Å². The molecule has 0 atom stereocenters. The van der Waals surface area contributed by atoms with E-state index in [-0.39, 0.29) is 23.2 Å². The van der Waals surface area contributed by atoms with Crippen LogP contribution >= 0.6 is 0 Å². The number of imidazole rings is 1. The van der Waals surface area contributed by atoms with Gasteiger partial charge in [-0.15, -0.1) is 0 Å². The number of nitrogens with zero attached hydrogens (tertiary/aromatic N) is 4. The third-order valence-corrected chi connectivity index (χ3v) is 4.27. The molecule has 0 bridgehead atoms. The van der Waals surface area contributed by atoms with E-state index in [1.165, 1.54) is 4.90 Å². The monoisotopic (exact) mass is 375 g/mol. The van der Waals surface area contributed by atoms with Gasteiger partial charge in [-0.3, -0.25) is 14.0 Å². The Hall–Kier alpha value is -3.94. The molecule has 0 fully saturated rings. The van der Waals surface area contributed by atoms with Crippen LogP contribution in [0.4, 0.5) is 11.5 Å². The Morgan fingerprint density at radius 3 is 2.57 bits per heavy atom. The number of aryl methyl sites for hydroxylation is 1. The van der Waals surface area contributed by atoms with Crippen molar-refractivity contribution >= 4 is 28.8 Å². The van der Waals surface area contributed by atoms with Gasteiger partial charge < -0.3 is 14.7 Å². The Bertz CT molecular complexity index is 1160. The van der Waals surface area contributed by atoms with Crippen LogP contribution < -0.4 is 10.2 Å². The smallest absolute Gasteiger partial charge is 0.293 e. The zero-order valence-corrected chi connectivity index (χ0v) is 15.3. The molecule has 0 aliphatic carbocycles. The predicted molar refractivity (Wildman–Crippen MR) is 104 cm³/mol. The second-order valence-corrected chi connectivity index (χ2v) is 6.22. The summed E-state index contributed by atoms with van der Waals surface area (Å²) in [6, 6.07) is 16.1. The molecule has 0 unspecified atom stereocenters. The average Bonchev–Trinajstić information content (AvgIpc) is 3.31. The van der Waals surface area contributed by atoms with Crippen molar-refractivity contribution in [3.8, 4) is 0 Å². The van der Waals surface area contributed by atoms with E-state index in [9.17, 15) is 9.59 Å². The first-order valence-corrected chi connectivity index (χ1v) is 8.59. The first kappa shape index (κ1) is 17.5. The molecule has 8 heteroatoms. The number of carbonyl (C=O) groups is 2. The van der Waals surface area contributed by atoms with Gasteiger partial charge in [0.15, 0.2) is 11.5 Å². The number of anilines is 2. The van der Waals surface area contributed by atoms with Crippen molar-refractivity contribution in [3.05, 3.63) is 78.1 Å². The Labute approximate surface area is 160 Å². The first-order chi connectivity index (χ1) is 13.5. The SMILES string of the molecule is Cc1cc(NC(=O)c2nc(C(=O)N(C)c3ccccc3)c3ccccn23)no1. The molecule has 4 rings (SSSR count). The normalized spacial score (nSPS) is 10.8. The number of hydrogen-bond donors (Lipinski definition) is 1. The van der Waals surface area contributed by atoms with Gasteiger partial charge in [0.1, 0.15) is 5.76 Å². The van der Waals surface area contributed by atoms with E-state index < -0.39 is 5.91 Å². The van der Waals surface area contributed by atoms with Crippen molar-refractivity contribution < 1.29 is 14.1 Å². The summed E-state index contributed by atoms with van der Waals surface area (Å²) in [5.41, 5.74) is 1.46. The van der Waals surface area contributed by atoms with Crippen LogP contribution in [0, 0.1) is 6.92 Å². The molecule has 4 aromatic rings. The standard InChI is InChI=1S/C20H17N5O3/c1-13-12-16(23-28-13)21-19(26)18-22-17(15-10-6-7-11-25(15)18)20(27)24(2)14-8-4-3-5-9-14/h3-12H,1-2H3,(H,21,23,26). The highest BCUT2D eigenvalue weighted by atomic mass is 16.5. The number of para-hydroxylation sites is 1. The molecule has 0 saturated heterocycles. The van der Waals surface area contributed by atoms with E-state index >= 15 is 0 Å². The zero-order valence-electron chi connectivity index (χ0n) is 15.3. The molecule has 0 aliphatic heterocycles. The molecule has 0 aliphatic rings. The number of rotatable bonds is 4. The minimum atomic E-state index is -0.490. The lowest BCUT2D eigenvalue weighted by Gasteiger charge is -2.16. The van der Waals surface area contributed by atoms with Gasteiger partial charge in [-0.25, -0.2) is 4.98 Å². The second kappa shape index (κ2) is 6.99. The summed E-state index contributed by atoms with van der Waals surface area (Å²) in [5, 5.41) is 6.38. The maximum atomic E-state index is 13.0. The molecular weight excluding hydrogens is 358 g/mol. The molecule has 1 N–H and O–H groups in total. The highest BCUT2D eigenvalue weighted by molar-refractivity contribution is 6.11. The number of aromatic nitrogens is 3. The van der Waals surface area contributed by atoms with E-state index in [0.29, 0.717) is 11.3 Å². The fraction of sp³-hybridized carbons (Fsp3) is 0.100. The van der Waals surface area contributed by atoms with Crippen LogP contribution in [0.1, 0.15) is 26.9 Å². The largest absolute Gasteiger partial charge is 0.360 e.